The van der Waals surface area contributed by atoms with Gasteiger partial charge in [0.25, 0.3) is 0 Å². The number of rotatable bonds is 9. The molecule has 1 aliphatic rings. The Morgan fingerprint density at radius 1 is 1.23 bits per heavy atom. The first kappa shape index (κ1) is 24.9. The van der Waals surface area contributed by atoms with Gasteiger partial charge >= 0.3 is 12.0 Å². The molecule has 1 aromatic heterocycles. The van der Waals surface area contributed by atoms with Crippen molar-refractivity contribution in [2.75, 3.05) is 38.7 Å². The number of ether oxygens (including phenoxy) is 3. The molecule has 186 valence electrons. The van der Waals surface area contributed by atoms with Gasteiger partial charge in [0.15, 0.2) is 11.5 Å². The first-order chi connectivity index (χ1) is 16.9. The normalized spacial score (nSPS) is 14.6. The van der Waals surface area contributed by atoms with E-state index in [9.17, 15) is 14.3 Å². The summed E-state index contributed by atoms with van der Waals surface area (Å²) in [6.07, 6.45) is 0.630. The van der Waals surface area contributed by atoms with Crippen molar-refractivity contribution in [3.63, 3.8) is 0 Å². The minimum atomic E-state index is -0.983. The number of carbonyl (C=O) groups is 1. The van der Waals surface area contributed by atoms with Crippen LogP contribution in [0.2, 0.25) is 0 Å². The van der Waals surface area contributed by atoms with Crippen LogP contribution in [-0.2, 0) is 9.53 Å². The fourth-order valence-corrected chi connectivity index (χ4v) is 4.66. The Balaban J connectivity index is 1.78. The quantitative estimate of drug-likeness (QED) is 0.174. The van der Waals surface area contributed by atoms with Crippen LogP contribution in [0.25, 0.3) is 10.9 Å². The largest absolute Gasteiger partial charge is 0.504 e. The highest BCUT2D eigenvalue weighted by atomic mass is 79.9. The summed E-state index contributed by atoms with van der Waals surface area (Å²) in [5.74, 6) is -0.626. The summed E-state index contributed by atoms with van der Waals surface area (Å²) in [5, 5.41) is 14.3. The van der Waals surface area contributed by atoms with E-state index in [1.54, 1.807) is 0 Å². The van der Waals surface area contributed by atoms with Crippen molar-refractivity contribution < 1.29 is 28.5 Å². The number of hydrogen-bond donors (Lipinski definition) is 2. The van der Waals surface area contributed by atoms with Crippen LogP contribution in [0.4, 0.5) is 15.8 Å². The highest BCUT2D eigenvalue weighted by molar-refractivity contribution is 9.10. The van der Waals surface area contributed by atoms with Gasteiger partial charge in [0, 0.05) is 19.2 Å². The maximum atomic E-state index is 14.3. The molecule has 1 unspecified atom stereocenters. The van der Waals surface area contributed by atoms with E-state index in [1.807, 2.05) is 30.3 Å². The highest BCUT2D eigenvalue weighted by Gasteiger charge is 2.28. The van der Waals surface area contributed by atoms with Crippen LogP contribution in [0.15, 0.2) is 34.9 Å². The smallest absolute Gasteiger partial charge is 0.310 e. The third kappa shape index (κ3) is 5.73. The number of hydrogen-bond acceptors (Lipinski definition) is 9. The second kappa shape index (κ2) is 11.0. The summed E-state index contributed by atoms with van der Waals surface area (Å²) in [5.41, 5.74) is 1.03. The van der Waals surface area contributed by atoms with E-state index < -0.39 is 18.2 Å². The molecule has 0 bridgehead atoms. The topological polar surface area (TPSA) is 106 Å². The molecule has 1 aliphatic heterocycles. The zero-order valence-corrected chi connectivity index (χ0v) is 21.0. The Bertz CT molecular complexity index is 1210. The summed E-state index contributed by atoms with van der Waals surface area (Å²) in [6, 6.07) is 9.16. The first-order valence-corrected chi connectivity index (χ1v) is 12.0. The van der Waals surface area contributed by atoms with Crippen LogP contribution < -0.4 is 14.8 Å². The molecular weight excluding hydrogens is 523 g/mol. The lowest BCUT2D eigenvalue weighted by Crippen LogP contribution is -2.37. The number of halogens is 2. The van der Waals surface area contributed by atoms with Gasteiger partial charge in [-0.2, -0.15) is 14.4 Å². The van der Waals surface area contributed by atoms with E-state index in [1.165, 1.54) is 14.0 Å². The lowest BCUT2D eigenvalue weighted by molar-refractivity contribution is -0.148. The Morgan fingerprint density at radius 2 is 1.94 bits per heavy atom. The number of phenolic OH excluding ortho intramolecular Hbond substituents is 1. The number of nitrogens with one attached hydrogen (secondary N) is 1. The van der Waals surface area contributed by atoms with E-state index in [2.05, 4.69) is 36.1 Å². The van der Waals surface area contributed by atoms with E-state index in [0.717, 1.165) is 25.9 Å². The van der Waals surface area contributed by atoms with Gasteiger partial charge in [0.05, 0.1) is 12.5 Å². The van der Waals surface area contributed by atoms with E-state index in [-0.39, 0.29) is 45.0 Å². The third-order valence-electron chi connectivity index (χ3n) is 5.61. The summed E-state index contributed by atoms with van der Waals surface area (Å²) in [6.45, 7) is 3.67. The van der Waals surface area contributed by atoms with E-state index in [0.29, 0.717) is 12.2 Å². The number of likely N-dealkylation sites (tertiary alicyclic amines) is 1. The average molecular weight is 549 g/mol. The van der Waals surface area contributed by atoms with Crippen molar-refractivity contribution in [3.05, 3.63) is 41.0 Å². The zero-order valence-electron chi connectivity index (χ0n) is 19.4. The number of methoxy groups -OCH3 is 1. The van der Waals surface area contributed by atoms with E-state index >= 15 is 0 Å². The molecule has 1 fully saturated rings. The lowest BCUT2D eigenvalue weighted by Gasteiger charge is -2.25. The molecule has 2 aromatic carbocycles. The second-order valence-corrected chi connectivity index (χ2v) is 8.89. The number of esters is 1. The SMILES string of the molecule is COc1c(OCC(CN2CCCC2)OC(C)=O)c(Nc2ccccc2)c2nc(F)nc(Br)c2c1O. The fraction of sp³-hybridized carbons (Fsp3) is 0.375. The summed E-state index contributed by atoms with van der Waals surface area (Å²) in [7, 11) is 1.38. The zero-order chi connectivity index (χ0) is 24.9. The van der Waals surface area contributed by atoms with Crippen LogP contribution in [0.1, 0.15) is 19.8 Å². The average Bonchev–Trinajstić information content (AvgIpc) is 3.32. The third-order valence-corrected chi connectivity index (χ3v) is 6.19. The molecule has 11 heteroatoms. The molecular formula is C24H26BrFN4O5. The number of nitrogens with zero attached hydrogens (tertiary/aromatic N) is 3. The minimum Gasteiger partial charge on any atom is -0.504 e. The molecule has 35 heavy (non-hydrogen) atoms. The molecule has 0 spiro atoms. The molecule has 3 aromatic rings. The minimum absolute atomic E-state index is 0.00888. The monoisotopic (exact) mass is 548 g/mol. The van der Waals surface area contributed by atoms with Crippen molar-refractivity contribution in [3.8, 4) is 17.2 Å². The highest BCUT2D eigenvalue weighted by Crippen LogP contribution is 2.51. The number of benzene rings is 2. The number of para-hydroxylation sites is 1. The maximum absolute atomic E-state index is 14.3. The van der Waals surface area contributed by atoms with Crippen LogP contribution >= 0.6 is 15.9 Å². The van der Waals surface area contributed by atoms with Crippen LogP contribution in [0.5, 0.6) is 17.2 Å². The van der Waals surface area contributed by atoms with Crippen molar-refractivity contribution in [1.29, 1.82) is 0 Å². The van der Waals surface area contributed by atoms with Crippen molar-refractivity contribution >= 4 is 44.2 Å². The summed E-state index contributed by atoms with van der Waals surface area (Å²) < 4.78 is 31.4. The molecule has 0 radical (unpaired) electrons. The number of fused-ring (bicyclic) bond motifs is 1. The van der Waals surface area contributed by atoms with Crippen molar-refractivity contribution in [1.82, 2.24) is 14.9 Å². The van der Waals surface area contributed by atoms with Gasteiger partial charge in [-0.15, -0.1) is 0 Å². The predicted octanol–water partition coefficient (Wildman–Crippen LogP) is 4.40. The first-order valence-electron chi connectivity index (χ1n) is 11.2. The fourth-order valence-electron chi connectivity index (χ4n) is 4.14. The second-order valence-electron chi connectivity index (χ2n) is 8.13. The molecule has 2 N–H and O–H groups in total. The number of aromatic hydroxyl groups is 1. The molecule has 1 saturated heterocycles. The molecule has 2 heterocycles. The van der Waals surface area contributed by atoms with Gasteiger partial charge in [-0.1, -0.05) is 18.2 Å². The maximum Gasteiger partial charge on any atom is 0.310 e. The predicted molar refractivity (Wildman–Crippen MR) is 132 cm³/mol. The summed E-state index contributed by atoms with van der Waals surface area (Å²) >= 11 is 3.21. The molecule has 0 saturated carbocycles. The Hall–Kier alpha value is -3.18. The van der Waals surface area contributed by atoms with Crippen LogP contribution in [-0.4, -0.2) is 65.4 Å². The van der Waals surface area contributed by atoms with Gasteiger partial charge < -0.3 is 24.6 Å². The Kier molecular flexibility index (Phi) is 7.86. The molecule has 9 nitrogen and oxygen atoms in total. The van der Waals surface area contributed by atoms with Gasteiger partial charge in [0.2, 0.25) is 5.75 Å². The lowest BCUT2D eigenvalue weighted by atomic mass is 10.1. The van der Waals surface area contributed by atoms with Gasteiger partial charge in [-0.05, 0) is 54.0 Å². The molecule has 0 amide bonds. The van der Waals surface area contributed by atoms with Crippen LogP contribution in [0, 0.1) is 6.08 Å². The van der Waals surface area contributed by atoms with Crippen LogP contribution in [0.3, 0.4) is 0 Å². The summed E-state index contributed by atoms with van der Waals surface area (Å²) in [4.78, 5) is 21.5. The van der Waals surface area contributed by atoms with Gasteiger partial charge in [-0.3, -0.25) is 9.69 Å². The Morgan fingerprint density at radius 3 is 2.60 bits per heavy atom. The standard InChI is InChI=1S/C24H26BrFN4O5/c1-14(31)35-16(12-30-10-6-7-11-30)13-34-21-19(27-15-8-4-3-5-9-15)18-17(20(32)22(21)33-2)23(25)29-24(26)28-18/h3-5,8-9,16,27,32H,6-7,10-13H2,1-2H3. The number of carbonyl (C=O) groups excluding carboxylic acids is 1. The van der Waals surface area contributed by atoms with Gasteiger partial charge in [0.1, 0.15) is 28.5 Å². The molecule has 0 aliphatic carbocycles. The molecule has 1 atom stereocenters. The number of anilines is 2. The van der Waals surface area contributed by atoms with E-state index in [4.69, 9.17) is 14.2 Å². The number of phenols is 1. The Labute approximate surface area is 210 Å². The number of aromatic nitrogens is 2. The van der Waals surface area contributed by atoms with Crippen molar-refractivity contribution in [2.24, 2.45) is 0 Å². The van der Waals surface area contributed by atoms with Crippen molar-refractivity contribution in [2.45, 2.75) is 25.9 Å². The van der Waals surface area contributed by atoms with Gasteiger partial charge in [-0.25, -0.2) is 0 Å². The molecule has 4 rings (SSSR count).